The van der Waals surface area contributed by atoms with Gasteiger partial charge in [0.25, 0.3) is 0 Å². The zero-order valence-corrected chi connectivity index (χ0v) is 11.7. The van der Waals surface area contributed by atoms with E-state index in [-0.39, 0.29) is 12.0 Å². The van der Waals surface area contributed by atoms with E-state index in [4.69, 9.17) is 9.47 Å². The van der Waals surface area contributed by atoms with Gasteiger partial charge in [0.15, 0.2) is 0 Å². The minimum atomic E-state index is -0.406. The second-order valence-corrected chi connectivity index (χ2v) is 5.81. The maximum absolute atomic E-state index is 11.9. The second kappa shape index (κ2) is 5.83. The first-order chi connectivity index (χ1) is 7.83. The maximum Gasteiger partial charge on any atom is 0.323 e. The van der Waals surface area contributed by atoms with Crippen LogP contribution in [0.5, 0.6) is 0 Å². The highest BCUT2D eigenvalue weighted by Gasteiger charge is 2.31. The lowest BCUT2D eigenvalue weighted by atomic mass is 10.1. The molecule has 4 heteroatoms. The molecule has 0 amide bonds. The van der Waals surface area contributed by atoms with Crippen molar-refractivity contribution >= 4 is 5.97 Å². The van der Waals surface area contributed by atoms with Crippen LogP contribution in [-0.4, -0.2) is 49.3 Å². The molecule has 100 valence electrons. The van der Waals surface area contributed by atoms with Gasteiger partial charge in [-0.25, -0.2) is 0 Å². The van der Waals surface area contributed by atoms with Crippen LogP contribution in [0.3, 0.4) is 0 Å². The highest BCUT2D eigenvalue weighted by molar-refractivity contribution is 5.75. The summed E-state index contributed by atoms with van der Waals surface area (Å²) in [5.41, 5.74) is -0.406. The van der Waals surface area contributed by atoms with Crippen molar-refractivity contribution in [1.82, 2.24) is 4.90 Å². The summed E-state index contributed by atoms with van der Waals surface area (Å²) in [6.07, 6.45) is 1.10. The van der Waals surface area contributed by atoms with Crippen LogP contribution in [0.15, 0.2) is 0 Å². The molecule has 17 heavy (non-hydrogen) atoms. The Balaban J connectivity index is 2.43. The first-order valence-electron chi connectivity index (χ1n) is 6.29. The summed E-state index contributed by atoms with van der Waals surface area (Å²) in [5, 5.41) is 0. The molecule has 0 aromatic carbocycles. The molecule has 0 aromatic rings. The fourth-order valence-corrected chi connectivity index (χ4v) is 2.12. The third kappa shape index (κ3) is 4.64. The zero-order chi connectivity index (χ0) is 13.1. The lowest BCUT2D eigenvalue weighted by Crippen LogP contribution is -2.41. The summed E-state index contributed by atoms with van der Waals surface area (Å²) in [6, 6.07) is -0.156. The van der Waals surface area contributed by atoms with Crippen molar-refractivity contribution in [1.29, 1.82) is 0 Å². The highest BCUT2D eigenvalue weighted by Crippen LogP contribution is 2.20. The molecule has 2 unspecified atom stereocenters. The smallest absolute Gasteiger partial charge is 0.323 e. The molecule has 1 heterocycles. The Labute approximate surface area is 104 Å². The SMILES string of the molecule is COCC1CCN(C(C)C(=O)OC(C)(C)C)C1. The summed E-state index contributed by atoms with van der Waals surface area (Å²) >= 11 is 0. The van der Waals surface area contributed by atoms with Gasteiger partial charge in [0.1, 0.15) is 11.6 Å². The third-order valence-corrected chi connectivity index (χ3v) is 3.02. The summed E-state index contributed by atoms with van der Waals surface area (Å²) in [7, 11) is 1.72. The largest absolute Gasteiger partial charge is 0.459 e. The van der Waals surface area contributed by atoms with E-state index in [0.717, 1.165) is 26.1 Å². The summed E-state index contributed by atoms with van der Waals surface area (Å²) < 4.78 is 10.5. The van der Waals surface area contributed by atoms with Gasteiger partial charge in [0.2, 0.25) is 0 Å². The van der Waals surface area contributed by atoms with Gasteiger partial charge in [-0.15, -0.1) is 0 Å². The first-order valence-corrected chi connectivity index (χ1v) is 6.29. The van der Waals surface area contributed by atoms with Gasteiger partial charge in [-0.1, -0.05) is 0 Å². The molecular formula is C13H25NO3. The normalized spacial score (nSPS) is 23.7. The quantitative estimate of drug-likeness (QED) is 0.704. The Morgan fingerprint density at radius 3 is 2.65 bits per heavy atom. The van der Waals surface area contributed by atoms with Gasteiger partial charge in [0, 0.05) is 13.7 Å². The van der Waals surface area contributed by atoms with E-state index in [1.807, 2.05) is 27.7 Å². The van der Waals surface area contributed by atoms with Crippen LogP contribution in [0.25, 0.3) is 0 Å². The van der Waals surface area contributed by atoms with E-state index >= 15 is 0 Å². The predicted octanol–water partition coefficient (Wildman–Crippen LogP) is 1.68. The van der Waals surface area contributed by atoms with Gasteiger partial charge in [-0.2, -0.15) is 0 Å². The number of likely N-dealkylation sites (tertiary alicyclic amines) is 1. The van der Waals surface area contributed by atoms with Crippen LogP contribution < -0.4 is 0 Å². The van der Waals surface area contributed by atoms with E-state index in [1.165, 1.54) is 0 Å². The lowest BCUT2D eigenvalue weighted by molar-refractivity contribution is -0.160. The van der Waals surface area contributed by atoms with Crippen molar-refractivity contribution in [3.63, 3.8) is 0 Å². The molecule has 4 nitrogen and oxygen atoms in total. The standard InChI is InChI=1S/C13H25NO3/c1-10(12(15)17-13(2,3)4)14-7-6-11(8-14)9-16-5/h10-11H,6-9H2,1-5H3. The monoisotopic (exact) mass is 243 g/mol. The molecule has 1 saturated heterocycles. The topological polar surface area (TPSA) is 38.8 Å². The van der Waals surface area contributed by atoms with Crippen LogP contribution >= 0.6 is 0 Å². The second-order valence-electron chi connectivity index (χ2n) is 5.81. The molecule has 1 aliphatic rings. The first kappa shape index (κ1) is 14.5. The van der Waals surface area contributed by atoms with Crippen molar-refractivity contribution in [3.8, 4) is 0 Å². The summed E-state index contributed by atoms with van der Waals surface area (Å²) in [6.45, 7) is 10.3. The molecule has 0 aliphatic carbocycles. The molecule has 0 spiro atoms. The van der Waals surface area contributed by atoms with Crippen molar-refractivity contribution in [2.45, 2.75) is 45.8 Å². The third-order valence-electron chi connectivity index (χ3n) is 3.02. The maximum atomic E-state index is 11.9. The number of esters is 1. The Morgan fingerprint density at radius 2 is 2.12 bits per heavy atom. The molecule has 0 radical (unpaired) electrons. The molecule has 1 rings (SSSR count). The van der Waals surface area contributed by atoms with Crippen molar-refractivity contribution < 1.29 is 14.3 Å². The van der Waals surface area contributed by atoms with Gasteiger partial charge in [-0.3, -0.25) is 9.69 Å². The number of ether oxygens (including phenoxy) is 2. The number of nitrogens with zero attached hydrogens (tertiary/aromatic N) is 1. The zero-order valence-electron chi connectivity index (χ0n) is 11.7. The average Bonchev–Trinajstić information content (AvgIpc) is 2.63. The van der Waals surface area contributed by atoms with Gasteiger partial charge in [-0.05, 0) is 46.6 Å². The van der Waals surface area contributed by atoms with Crippen molar-refractivity contribution in [3.05, 3.63) is 0 Å². The number of carbonyl (C=O) groups is 1. The number of rotatable bonds is 4. The predicted molar refractivity (Wildman–Crippen MR) is 66.9 cm³/mol. The van der Waals surface area contributed by atoms with Crippen LogP contribution in [0.2, 0.25) is 0 Å². The minimum absolute atomic E-state index is 0.129. The fourth-order valence-electron chi connectivity index (χ4n) is 2.12. The molecule has 2 atom stereocenters. The van der Waals surface area contributed by atoms with E-state index < -0.39 is 5.60 Å². The van der Waals surface area contributed by atoms with Crippen LogP contribution in [0.4, 0.5) is 0 Å². The number of methoxy groups -OCH3 is 1. The van der Waals surface area contributed by atoms with E-state index in [9.17, 15) is 4.79 Å². The summed E-state index contributed by atoms with van der Waals surface area (Å²) in [4.78, 5) is 14.1. The molecule has 1 aliphatic heterocycles. The number of hydrogen-bond acceptors (Lipinski definition) is 4. The lowest BCUT2D eigenvalue weighted by Gasteiger charge is -2.27. The van der Waals surface area contributed by atoms with Crippen LogP contribution in [0.1, 0.15) is 34.1 Å². The molecule has 0 N–H and O–H groups in total. The highest BCUT2D eigenvalue weighted by atomic mass is 16.6. The Bertz CT molecular complexity index is 260. The summed E-state index contributed by atoms with van der Waals surface area (Å²) in [5.74, 6) is 0.417. The van der Waals surface area contributed by atoms with Gasteiger partial charge in [0.05, 0.1) is 6.61 Å². The Morgan fingerprint density at radius 1 is 1.47 bits per heavy atom. The fraction of sp³-hybridized carbons (Fsp3) is 0.923. The van der Waals surface area contributed by atoms with Gasteiger partial charge >= 0.3 is 5.97 Å². The van der Waals surface area contributed by atoms with Crippen molar-refractivity contribution in [2.75, 3.05) is 26.8 Å². The molecular weight excluding hydrogens is 218 g/mol. The minimum Gasteiger partial charge on any atom is -0.459 e. The number of carbonyl (C=O) groups excluding carboxylic acids is 1. The van der Waals surface area contributed by atoms with E-state index in [0.29, 0.717) is 5.92 Å². The molecule has 0 aromatic heterocycles. The number of hydrogen-bond donors (Lipinski definition) is 0. The average molecular weight is 243 g/mol. The van der Waals surface area contributed by atoms with Crippen molar-refractivity contribution in [2.24, 2.45) is 5.92 Å². The Kier molecular flexibility index (Phi) is 4.95. The molecule has 0 saturated carbocycles. The Hall–Kier alpha value is -0.610. The van der Waals surface area contributed by atoms with Gasteiger partial charge < -0.3 is 9.47 Å². The van der Waals surface area contributed by atoms with Crippen LogP contribution in [-0.2, 0) is 14.3 Å². The molecule has 0 bridgehead atoms. The van der Waals surface area contributed by atoms with Crippen LogP contribution in [0, 0.1) is 5.92 Å². The van der Waals surface area contributed by atoms with E-state index in [2.05, 4.69) is 4.90 Å². The van der Waals surface area contributed by atoms with E-state index in [1.54, 1.807) is 7.11 Å². The molecule has 1 fully saturated rings.